The molecule has 4 rings (SSSR count). The van der Waals surface area contributed by atoms with Crippen LogP contribution in [0.25, 0.3) is 11.1 Å². The van der Waals surface area contributed by atoms with E-state index in [2.05, 4.69) is 15.4 Å². The van der Waals surface area contributed by atoms with Crippen molar-refractivity contribution < 1.29 is 4.79 Å². The van der Waals surface area contributed by atoms with Gasteiger partial charge in [0.15, 0.2) is 0 Å². The number of hydrogen-bond acceptors (Lipinski definition) is 3. The first-order valence-corrected chi connectivity index (χ1v) is 8.67. The molecule has 0 fully saturated rings. The van der Waals surface area contributed by atoms with Crippen LogP contribution >= 0.6 is 0 Å². The summed E-state index contributed by atoms with van der Waals surface area (Å²) in [5.74, 6) is -0.134. The number of nitrogens with one attached hydrogen (secondary N) is 1. The Hall–Kier alpha value is -3.73. The van der Waals surface area contributed by atoms with E-state index >= 15 is 0 Å². The van der Waals surface area contributed by atoms with Crippen molar-refractivity contribution in [3.63, 3.8) is 0 Å². The molecule has 0 atom stereocenters. The van der Waals surface area contributed by atoms with Crippen molar-refractivity contribution in [1.29, 1.82) is 0 Å². The number of carbonyl (C=O) groups excluding carboxylic acids is 1. The second kappa shape index (κ2) is 7.66. The van der Waals surface area contributed by atoms with Gasteiger partial charge in [-0.25, -0.2) is 9.67 Å². The average Bonchev–Trinajstić information content (AvgIpc) is 3.23. The van der Waals surface area contributed by atoms with Gasteiger partial charge in [-0.1, -0.05) is 60.7 Å². The molecule has 0 bridgehead atoms. The standard InChI is InChI=1S/C22H18N4O/c27-22(19-12-10-17(11-13-19)14-26-16-23-15-24-26)25-21-9-5-4-8-20(21)18-6-2-1-3-7-18/h1-13,15-16H,14H2,(H,25,27). The number of benzene rings is 3. The Kier molecular flexibility index (Phi) is 4.74. The van der Waals surface area contributed by atoms with E-state index in [0.29, 0.717) is 12.1 Å². The van der Waals surface area contributed by atoms with Crippen LogP contribution in [0.15, 0.2) is 91.5 Å². The van der Waals surface area contributed by atoms with E-state index in [0.717, 1.165) is 22.4 Å². The largest absolute Gasteiger partial charge is 0.321 e. The van der Waals surface area contributed by atoms with E-state index in [1.165, 1.54) is 6.33 Å². The fourth-order valence-corrected chi connectivity index (χ4v) is 2.92. The quantitative estimate of drug-likeness (QED) is 0.583. The summed E-state index contributed by atoms with van der Waals surface area (Å²) in [5.41, 5.74) is 4.52. The van der Waals surface area contributed by atoms with Crippen LogP contribution in [-0.2, 0) is 6.54 Å². The van der Waals surface area contributed by atoms with Gasteiger partial charge in [-0.2, -0.15) is 5.10 Å². The molecule has 1 amide bonds. The number of carbonyl (C=O) groups is 1. The minimum atomic E-state index is -0.134. The topological polar surface area (TPSA) is 59.8 Å². The van der Waals surface area contributed by atoms with Crippen LogP contribution in [0.1, 0.15) is 15.9 Å². The molecule has 1 heterocycles. The molecule has 5 nitrogen and oxygen atoms in total. The number of anilines is 1. The molecule has 0 aliphatic carbocycles. The third-order valence-electron chi connectivity index (χ3n) is 4.29. The van der Waals surface area contributed by atoms with Crippen molar-refractivity contribution in [2.75, 3.05) is 5.32 Å². The van der Waals surface area contributed by atoms with Crippen LogP contribution in [0.5, 0.6) is 0 Å². The monoisotopic (exact) mass is 354 g/mol. The van der Waals surface area contributed by atoms with Gasteiger partial charge in [-0.15, -0.1) is 0 Å². The Morgan fingerprint density at radius 2 is 1.63 bits per heavy atom. The highest BCUT2D eigenvalue weighted by Gasteiger charge is 2.10. The fraction of sp³-hybridized carbons (Fsp3) is 0.0455. The molecule has 0 aliphatic heterocycles. The molecule has 27 heavy (non-hydrogen) atoms. The van der Waals surface area contributed by atoms with Crippen molar-refractivity contribution in [3.05, 3.63) is 103 Å². The summed E-state index contributed by atoms with van der Waals surface area (Å²) in [5, 5.41) is 7.11. The zero-order valence-corrected chi connectivity index (χ0v) is 14.6. The molecular formula is C22H18N4O. The fourth-order valence-electron chi connectivity index (χ4n) is 2.92. The van der Waals surface area contributed by atoms with Gasteiger partial charge in [0.25, 0.3) is 5.91 Å². The number of hydrogen-bond donors (Lipinski definition) is 1. The summed E-state index contributed by atoms with van der Waals surface area (Å²) in [6.07, 6.45) is 3.17. The van der Waals surface area contributed by atoms with Gasteiger partial charge in [0.05, 0.1) is 6.54 Å². The highest BCUT2D eigenvalue weighted by Crippen LogP contribution is 2.27. The number of amides is 1. The number of aromatic nitrogens is 3. The summed E-state index contributed by atoms with van der Waals surface area (Å²) >= 11 is 0. The second-order valence-electron chi connectivity index (χ2n) is 6.16. The molecule has 0 aliphatic rings. The van der Waals surface area contributed by atoms with Crippen molar-refractivity contribution in [1.82, 2.24) is 14.8 Å². The highest BCUT2D eigenvalue weighted by molar-refractivity contribution is 6.06. The molecule has 0 saturated carbocycles. The van der Waals surface area contributed by atoms with E-state index in [9.17, 15) is 4.79 Å². The molecule has 0 saturated heterocycles. The van der Waals surface area contributed by atoms with Gasteiger partial charge >= 0.3 is 0 Å². The minimum absolute atomic E-state index is 0.134. The number of para-hydroxylation sites is 1. The van der Waals surface area contributed by atoms with Crippen molar-refractivity contribution >= 4 is 11.6 Å². The van der Waals surface area contributed by atoms with Crippen LogP contribution in [0.2, 0.25) is 0 Å². The van der Waals surface area contributed by atoms with Gasteiger partial charge in [0, 0.05) is 16.8 Å². The first-order valence-electron chi connectivity index (χ1n) is 8.67. The van der Waals surface area contributed by atoms with Crippen LogP contribution in [0.3, 0.4) is 0 Å². The Morgan fingerprint density at radius 1 is 0.889 bits per heavy atom. The minimum Gasteiger partial charge on any atom is -0.321 e. The van der Waals surface area contributed by atoms with Crippen LogP contribution < -0.4 is 5.32 Å². The van der Waals surface area contributed by atoms with Gasteiger partial charge in [0.2, 0.25) is 0 Å². The first kappa shape index (κ1) is 16.7. The van der Waals surface area contributed by atoms with E-state index < -0.39 is 0 Å². The van der Waals surface area contributed by atoms with Crippen LogP contribution in [0, 0.1) is 0 Å². The molecule has 4 aromatic rings. The summed E-state index contributed by atoms with van der Waals surface area (Å²) < 4.78 is 1.74. The van der Waals surface area contributed by atoms with Gasteiger partial charge in [-0.3, -0.25) is 4.79 Å². The zero-order valence-electron chi connectivity index (χ0n) is 14.6. The number of nitrogens with zero attached hydrogens (tertiary/aromatic N) is 3. The molecule has 5 heteroatoms. The van der Waals surface area contributed by atoms with Crippen LogP contribution in [0.4, 0.5) is 5.69 Å². The van der Waals surface area contributed by atoms with Gasteiger partial charge in [-0.05, 0) is 29.3 Å². The van der Waals surface area contributed by atoms with E-state index in [1.807, 2.05) is 78.9 Å². The van der Waals surface area contributed by atoms with Gasteiger partial charge in [0.1, 0.15) is 12.7 Å². The predicted molar refractivity (Wildman–Crippen MR) is 105 cm³/mol. The SMILES string of the molecule is O=C(Nc1ccccc1-c1ccccc1)c1ccc(Cn2cncn2)cc1. The normalized spacial score (nSPS) is 10.5. The summed E-state index contributed by atoms with van der Waals surface area (Å²) in [6, 6.07) is 25.3. The predicted octanol–water partition coefficient (Wildman–Crippen LogP) is 4.25. The molecular weight excluding hydrogens is 336 g/mol. The summed E-state index contributed by atoms with van der Waals surface area (Å²) in [6.45, 7) is 0.624. The van der Waals surface area contributed by atoms with Crippen molar-refractivity contribution in [3.8, 4) is 11.1 Å². The third kappa shape index (κ3) is 3.93. The first-order chi connectivity index (χ1) is 13.3. The zero-order chi connectivity index (χ0) is 18.5. The van der Waals surface area contributed by atoms with Crippen LogP contribution in [-0.4, -0.2) is 20.7 Å². The Bertz CT molecular complexity index is 1030. The molecule has 0 radical (unpaired) electrons. The number of rotatable bonds is 5. The van der Waals surface area contributed by atoms with Crippen molar-refractivity contribution in [2.45, 2.75) is 6.54 Å². The smallest absolute Gasteiger partial charge is 0.255 e. The summed E-state index contributed by atoms with van der Waals surface area (Å²) in [7, 11) is 0. The van der Waals surface area contributed by atoms with Gasteiger partial charge < -0.3 is 5.32 Å². The molecule has 0 spiro atoms. The third-order valence-corrected chi connectivity index (χ3v) is 4.29. The lowest BCUT2D eigenvalue weighted by molar-refractivity contribution is 0.102. The van der Waals surface area contributed by atoms with Crippen molar-refractivity contribution in [2.24, 2.45) is 0 Å². The highest BCUT2D eigenvalue weighted by atomic mass is 16.1. The maximum absolute atomic E-state index is 12.7. The Labute approximate surface area is 157 Å². The maximum Gasteiger partial charge on any atom is 0.255 e. The average molecular weight is 354 g/mol. The Morgan fingerprint density at radius 3 is 2.37 bits per heavy atom. The second-order valence-corrected chi connectivity index (χ2v) is 6.16. The molecule has 0 unspecified atom stereocenters. The maximum atomic E-state index is 12.7. The van der Waals surface area contributed by atoms with E-state index in [-0.39, 0.29) is 5.91 Å². The molecule has 1 aromatic heterocycles. The Balaban J connectivity index is 1.51. The van der Waals surface area contributed by atoms with E-state index in [1.54, 1.807) is 11.0 Å². The lowest BCUT2D eigenvalue weighted by Crippen LogP contribution is -2.12. The molecule has 132 valence electrons. The molecule has 1 N–H and O–H groups in total. The molecule has 3 aromatic carbocycles. The lowest BCUT2D eigenvalue weighted by atomic mass is 10.0. The van der Waals surface area contributed by atoms with E-state index in [4.69, 9.17) is 0 Å². The lowest BCUT2D eigenvalue weighted by Gasteiger charge is -2.11. The summed E-state index contributed by atoms with van der Waals surface area (Å²) in [4.78, 5) is 16.6.